The summed E-state index contributed by atoms with van der Waals surface area (Å²) in [5.74, 6) is -0.103. The van der Waals surface area contributed by atoms with Crippen molar-refractivity contribution in [2.75, 3.05) is 26.7 Å². The first kappa shape index (κ1) is 19.1. The quantitative estimate of drug-likeness (QED) is 0.570. The Hall–Kier alpha value is -2.20. The van der Waals surface area contributed by atoms with E-state index in [0.29, 0.717) is 13.1 Å². The molecule has 9 nitrogen and oxygen atoms in total. The fraction of sp³-hybridized carbons (Fsp3) is 0.533. The molecule has 2 rings (SSSR count). The van der Waals surface area contributed by atoms with Gasteiger partial charge in [0.15, 0.2) is 0 Å². The second-order valence-corrected chi connectivity index (χ2v) is 7.42. The van der Waals surface area contributed by atoms with E-state index in [1.54, 1.807) is 4.90 Å². The molecule has 0 bridgehead atoms. The highest BCUT2D eigenvalue weighted by molar-refractivity contribution is 7.89. The first-order valence-corrected chi connectivity index (χ1v) is 9.43. The van der Waals surface area contributed by atoms with E-state index in [2.05, 4.69) is 4.72 Å². The highest BCUT2D eigenvalue weighted by atomic mass is 32.2. The molecule has 25 heavy (non-hydrogen) atoms. The lowest BCUT2D eigenvalue weighted by Gasteiger charge is -2.26. The highest BCUT2D eigenvalue weighted by Crippen LogP contribution is 2.27. The van der Waals surface area contributed by atoms with Crippen molar-refractivity contribution in [2.45, 2.75) is 30.6 Å². The van der Waals surface area contributed by atoms with Crippen molar-refractivity contribution in [1.29, 1.82) is 0 Å². The number of rotatable bonds is 7. The number of hydrogen-bond donors (Lipinski definition) is 1. The van der Waals surface area contributed by atoms with Crippen LogP contribution in [0, 0.1) is 10.1 Å². The molecule has 0 spiro atoms. The molecule has 1 heterocycles. The zero-order valence-corrected chi connectivity index (χ0v) is 14.8. The summed E-state index contributed by atoms with van der Waals surface area (Å²) in [5, 5.41) is 10.9. The predicted molar refractivity (Wildman–Crippen MR) is 89.9 cm³/mol. The molecular weight excluding hydrogens is 350 g/mol. The average Bonchev–Trinajstić information content (AvgIpc) is 2.61. The number of piperidine rings is 1. The van der Waals surface area contributed by atoms with Gasteiger partial charge in [-0.25, -0.2) is 13.1 Å². The number of non-ortho nitro benzene ring substituents is 1. The minimum Gasteiger partial charge on any atom is -0.495 e. The number of methoxy groups -OCH3 is 1. The number of carbonyl (C=O) groups is 1. The van der Waals surface area contributed by atoms with Gasteiger partial charge in [-0.15, -0.1) is 0 Å². The third-order valence-corrected chi connectivity index (χ3v) is 5.47. The first-order chi connectivity index (χ1) is 11.8. The fourth-order valence-electron chi connectivity index (χ4n) is 2.66. The van der Waals surface area contributed by atoms with E-state index in [-0.39, 0.29) is 35.2 Å². The van der Waals surface area contributed by atoms with Gasteiger partial charge in [0.2, 0.25) is 15.9 Å². The molecule has 10 heteroatoms. The summed E-state index contributed by atoms with van der Waals surface area (Å²) < 4.78 is 32.1. The second-order valence-electron chi connectivity index (χ2n) is 5.68. The lowest BCUT2D eigenvalue weighted by Crippen LogP contribution is -2.37. The molecule has 0 radical (unpaired) electrons. The van der Waals surface area contributed by atoms with Gasteiger partial charge in [-0.2, -0.15) is 0 Å². The summed E-state index contributed by atoms with van der Waals surface area (Å²) in [4.78, 5) is 23.6. The van der Waals surface area contributed by atoms with Crippen LogP contribution < -0.4 is 9.46 Å². The molecule has 1 aliphatic heterocycles. The van der Waals surface area contributed by atoms with E-state index in [0.717, 1.165) is 31.4 Å². The number of hydrogen-bond acceptors (Lipinski definition) is 6. The lowest BCUT2D eigenvalue weighted by atomic mass is 10.1. The molecule has 0 unspecified atom stereocenters. The predicted octanol–water partition coefficient (Wildman–Crippen LogP) is 1.28. The van der Waals surface area contributed by atoms with Gasteiger partial charge in [-0.3, -0.25) is 14.9 Å². The van der Waals surface area contributed by atoms with E-state index in [1.807, 2.05) is 0 Å². The van der Waals surface area contributed by atoms with Crippen LogP contribution in [0.25, 0.3) is 0 Å². The lowest BCUT2D eigenvalue weighted by molar-refractivity contribution is -0.385. The number of nitrogens with one attached hydrogen (secondary N) is 1. The molecule has 1 saturated heterocycles. The number of ether oxygens (including phenoxy) is 1. The first-order valence-electron chi connectivity index (χ1n) is 7.95. The Balaban J connectivity index is 2.04. The number of sulfonamides is 1. The Bertz CT molecular complexity index is 744. The van der Waals surface area contributed by atoms with Crippen LogP contribution in [0.15, 0.2) is 23.1 Å². The maximum absolute atomic E-state index is 12.4. The van der Waals surface area contributed by atoms with E-state index in [4.69, 9.17) is 4.74 Å². The second kappa shape index (κ2) is 8.26. The smallest absolute Gasteiger partial charge is 0.271 e. The largest absolute Gasteiger partial charge is 0.495 e. The third kappa shape index (κ3) is 4.89. The van der Waals surface area contributed by atoms with Crippen molar-refractivity contribution in [3.63, 3.8) is 0 Å². The molecule has 0 aromatic heterocycles. The Morgan fingerprint density at radius 3 is 2.60 bits per heavy atom. The van der Waals surface area contributed by atoms with Crippen molar-refractivity contribution in [3.8, 4) is 5.75 Å². The SMILES string of the molecule is COc1ccc([N+](=O)[O-])cc1S(=O)(=O)NCCC(=O)N1CCCCC1. The summed E-state index contributed by atoms with van der Waals surface area (Å²) in [5.41, 5.74) is -0.356. The Morgan fingerprint density at radius 2 is 2.00 bits per heavy atom. The topological polar surface area (TPSA) is 119 Å². The number of nitro groups is 1. The van der Waals surface area contributed by atoms with Gasteiger partial charge in [0, 0.05) is 38.2 Å². The highest BCUT2D eigenvalue weighted by Gasteiger charge is 2.24. The van der Waals surface area contributed by atoms with Crippen molar-refractivity contribution < 1.29 is 22.9 Å². The van der Waals surface area contributed by atoms with E-state index in [9.17, 15) is 23.3 Å². The maximum atomic E-state index is 12.4. The van der Waals surface area contributed by atoms with E-state index >= 15 is 0 Å². The fourth-order valence-corrected chi connectivity index (χ4v) is 3.88. The van der Waals surface area contributed by atoms with Gasteiger partial charge in [-0.1, -0.05) is 0 Å². The molecule has 1 fully saturated rings. The third-order valence-electron chi connectivity index (χ3n) is 3.99. The van der Waals surface area contributed by atoms with Crippen LogP contribution in [0.5, 0.6) is 5.75 Å². The van der Waals surface area contributed by atoms with Crippen molar-refractivity contribution in [3.05, 3.63) is 28.3 Å². The van der Waals surface area contributed by atoms with Gasteiger partial charge in [0.1, 0.15) is 10.6 Å². The minimum absolute atomic E-state index is 0.000423. The molecule has 1 aromatic carbocycles. The number of benzene rings is 1. The van der Waals surface area contributed by atoms with Crippen LogP contribution in [0.2, 0.25) is 0 Å². The number of carbonyl (C=O) groups excluding carboxylic acids is 1. The number of amides is 1. The average molecular weight is 371 g/mol. The molecule has 0 aliphatic carbocycles. The number of nitro benzene ring substituents is 1. The van der Waals surface area contributed by atoms with E-state index in [1.165, 1.54) is 13.2 Å². The van der Waals surface area contributed by atoms with Crippen LogP contribution >= 0.6 is 0 Å². The van der Waals surface area contributed by atoms with Gasteiger partial charge in [-0.05, 0) is 25.3 Å². The summed E-state index contributed by atoms with van der Waals surface area (Å²) in [6.07, 6.45) is 3.06. The monoisotopic (exact) mass is 371 g/mol. The van der Waals surface area contributed by atoms with Gasteiger partial charge >= 0.3 is 0 Å². The Labute approximate surface area is 146 Å². The van der Waals surface area contributed by atoms with Crippen LogP contribution in [0.1, 0.15) is 25.7 Å². The number of nitrogens with zero attached hydrogens (tertiary/aromatic N) is 2. The van der Waals surface area contributed by atoms with Crippen LogP contribution in [-0.4, -0.2) is 50.9 Å². The molecular formula is C15H21N3O6S. The van der Waals surface area contributed by atoms with Gasteiger partial charge < -0.3 is 9.64 Å². The Kier molecular flexibility index (Phi) is 6.32. The zero-order chi connectivity index (χ0) is 18.4. The Morgan fingerprint density at radius 1 is 1.32 bits per heavy atom. The summed E-state index contributed by atoms with van der Waals surface area (Å²) >= 11 is 0. The molecule has 1 amide bonds. The van der Waals surface area contributed by atoms with Crippen molar-refractivity contribution in [1.82, 2.24) is 9.62 Å². The molecule has 1 aliphatic rings. The van der Waals surface area contributed by atoms with Crippen molar-refractivity contribution >= 4 is 21.6 Å². The van der Waals surface area contributed by atoms with E-state index < -0.39 is 14.9 Å². The molecule has 1 aromatic rings. The van der Waals surface area contributed by atoms with Crippen molar-refractivity contribution in [2.24, 2.45) is 0 Å². The van der Waals surface area contributed by atoms with Gasteiger partial charge in [0.25, 0.3) is 5.69 Å². The van der Waals surface area contributed by atoms with Gasteiger partial charge in [0.05, 0.1) is 12.0 Å². The standard InChI is InChI=1S/C15H21N3O6S/c1-24-13-6-5-12(18(20)21)11-14(13)25(22,23)16-8-7-15(19)17-9-3-2-4-10-17/h5-6,11,16H,2-4,7-10H2,1H3. The van der Waals surface area contributed by atoms with Crippen LogP contribution in [0.3, 0.4) is 0 Å². The normalized spacial score (nSPS) is 15.0. The molecule has 0 atom stereocenters. The molecule has 1 N–H and O–H groups in total. The molecule has 0 saturated carbocycles. The van der Waals surface area contributed by atoms with Crippen LogP contribution in [-0.2, 0) is 14.8 Å². The van der Waals surface area contributed by atoms with Crippen LogP contribution in [0.4, 0.5) is 5.69 Å². The maximum Gasteiger partial charge on any atom is 0.271 e. The number of likely N-dealkylation sites (tertiary alicyclic amines) is 1. The summed E-state index contributed by atoms with van der Waals surface area (Å²) in [6.45, 7) is 1.32. The summed E-state index contributed by atoms with van der Waals surface area (Å²) in [6, 6.07) is 3.33. The minimum atomic E-state index is -4.04. The molecule has 138 valence electrons. The summed E-state index contributed by atoms with van der Waals surface area (Å²) in [7, 11) is -2.76. The zero-order valence-electron chi connectivity index (χ0n) is 13.9.